The van der Waals surface area contributed by atoms with Crippen molar-refractivity contribution in [3.05, 3.63) is 60.0 Å². The van der Waals surface area contributed by atoms with Gasteiger partial charge in [-0.2, -0.15) is 0 Å². The zero-order valence-corrected chi connectivity index (χ0v) is 19.2. The minimum Gasteiger partial charge on any atom is -0.504 e. The van der Waals surface area contributed by atoms with E-state index in [1.165, 1.54) is 23.5 Å². The van der Waals surface area contributed by atoms with Crippen molar-refractivity contribution in [1.82, 2.24) is 4.47 Å². The predicted octanol–water partition coefficient (Wildman–Crippen LogP) is 3.19. The van der Waals surface area contributed by atoms with Crippen LogP contribution in [0.1, 0.15) is 24.3 Å². The molecule has 12 heteroatoms. The topological polar surface area (TPSA) is 125 Å². The summed E-state index contributed by atoms with van der Waals surface area (Å²) < 4.78 is 25.8. The molecule has 0 radical (unpaired) electrons. The van der Waals surface area contributed by atoms with Gasteiger partial charge in [-0.05, 0) is 30.0 Å². The molecule has 9 nitrogen and oxygen atoms in total. The van der Waals surface area contributed by atoms with E-state index in [0.717, 1.165) is 19.0 Å². The summed E-state index contributed by atoms with van der Waals surface area (Å²) in [6, 6.07) is 6.17. The summed E-state index contributed by atoms with van der Waals surface area (Å²) in [6.45, 7) is 1.93. The fourth-order valence-electron chi connectivity index (χ4n) is 2.94. The molecule has 0 saturated carbocycles. The number of phenolic OH excluding ortho intramolecular Hbond substituents is 1. The third-order valence-electron chi connectivity index (χ3n) is 4.72. The Kier molecular flexibility index (Phi) is 6.72. The molecule has 0 fully saturated rings. The van der Waals surface area contributed by atoms with Crippen LogP contribution in [-0.4, -0.2) is 32.2 Å². The molecule has 0 aliphatic rings. The fraction of sp³-hybridized carbons (Fsp3) is 0.263. The lowest BCUT2D eigenvalue weighted by atomic mass is 10.1. The van der Waals surface area contributed by atoms with Crippen molar-refractivity contribution in [1.29, 1.82) is 0 Å². The van der Waals surface area contributed by atoms with Gasteiger partial charge < -0.3 is 15.7 Å². The third-order valence-corrected chi connectivity index (χ3v) is 7.89. The lowest BCUT2D eigenvalue weighted by molar-refractivity contribution is -0.0259. The van der Waals surface area contributed by atoms with E-state index in [-0.39, 0.29) is 28.1 Å². The van der Waals surface area contributed by atoms with E-state index in [4.69, 9.17) is 16.4 Å². The average Bonchev–Trinajstić information content (AvgIpc) is 3.28. The summed E-state index contributed by atoms with van der Waals surface area (Å²) in [5.41, 5.74) is -1.58. The number of hydroxylamine groups is 1. The maximum Gasteiger partial charge on any atom is 0.269 e. The zero-order valence-electron chi connectivity index (χ0n) is 16.8. The minimum atomic E-state index is -4.28. The van der Waals surface area contributed by atoms with E-state index in [2.05, 4.69) is 10.6 Å². The smallest absolute Gasteiger partial charge is 0.269 e. The highest BCUT2D eigenvalue weighted by atomic mass is 35.5. The summed E-state index contributed by atoms with van der Waals surface area (Å²) in [6.07, 6.45) is 0.663. The van der Waals surface area contributed by atoms with Crippen molar-refractivity contribution in [2.45, 2.75) is 24.3 Å². The predicted molar refractivity (Wildman–Crippen MR) is 121 cm³/mol. The number of aromatic hydroxyl groups is 1. The number of benzene rings is 1. The summed E-state index contributed by atoms with van der Waals surface area (Å²) in [4.78, 5) is 29.5. The number of nitrogens with zero attached hydrogens (tertiary/aromatic N) is 1. The maximum atomic E-state index is 12.6. The van der Waals surface area contributed by atoms with Gasteiger partial charge in [-0.3, -0.25) is 14.4 Å². The molecule has 31 heavy (non-hydrogen) atoms. The van der Waals surface area contributed by atoms with Crippen LogP contribution in [0.25, 0.3) is 0 Å². The monoisotopic (exact) mass is 485 g/mol. The molecule has 3 aromatic rings. The molecule has 0 saturated heterocycles. The van der Waals surface area contributed by atoms with Crippen molar-refractivity contribution >= 4 is 50.0 Å². The largest absolute Gasteiger partial charge is 0.504 e. The van der Waals surface area contributed by atoms with Gasteiger partial charge in [0.25, 0.3) is 20.9 Å². The van der Waals surface area contributed by atoms with Gasteiger partial charge in [0.05, 0.1) is 23.9 Å². The molecule has 0 amide bonds. The number of hydrogen-bond acceptors (Lipinski definition) is 9. The van der Waals surface area contributed by atoms with Crippen LogP contribution in [0.2, 0.25) is 5.02 Å². The summed E-state index contributed by atoms with van der Waals surface area (Å²) >= 11 is 7.52. The highest BCUT2D eigenvalue weighted by molar-refractivity contribution is 7.89. The van der Waals surface area contributed by atoms with Gasteiger partial charge in [-0.1, -0.05) is 29.1 Å². The Morgan fingerprint density at radius 3 is 2.48 bits per heavy atom. The van der Waals surface area contributed by atoms with E-state index in [1.54, 1.807) is 0 Å². The molecule has 1 heterocycles. The van der Waals surface area contributed by atoms with Gasteiger partial charge in [0.2, 0.25) is 0 Å². The molecule has 0 aliphatic heterocycles. The van der Waals surface area contributed by atoms with Crippen molar-refractivity contribution < 1.29 is 18.4 Å². The van der Waals surface area contributed by atoms with Gasteiger partial charge in [-0.25, -0.2) is 8.42 Å². The second-order valence-corrected chi connectivity index (χ2v) is 9.78. The van der Waals surface area contributed by atoms with Gasteiger partial charge in [0.15, 0.2) is 5.75 Å². The Morgan fingerprint density at radius 1 is 1.23 bits per heavy atom. The summed E-state index contributed by atoms with van der Waals surface area (Å²) in [5, 5.41) is 18.0. The van der Waals surface area contributed by atoms with Crippen LogP contribution in [0.5, 0.6) is 5.75 Å². The first-order chi connectivity index (χ1) is 14.6. The standard InChI is InChI=1S/C19H20ClN3O6S2/c1-4-11(13-6-5-9-30-13)21-14-15(18(26)17(14)25)22-12-8-7-10(20)19(16(12)24)31(27,28)23(2)29-3/h5-9,11,21-22,24H,4H2,1-3H3/t11-/m1/s1. The Bertz CT molecular complexity index is 1270. The first-order valence-corrected chi connectivity index (χ1v) is 11.8. The number of halogens is 1. The van der Waals surface area contributed by atoms with Crippen molar-refractivity contribution in [3.8, 4) is 5.75 Å². The van der Waals surface area contributed by atoms with Gasteiger partial charge in [-0.15, -0.1) is 11.3 Å². The van der Waals surface area contributed by atoms with Crippen LogP contribution in [0.15, 0.2) is 44.1 Å². The minimum absolute atomic E-state index is 0.0676. The number of nitrogens with one attached hydrogen (secondary N) is 2. The van der Waals surface area contributed by atoms with E-state index < -0.39 is 31.5 Å². The van der Waals surface area contributed by atoms with Crippen LogP contribution in [0.4, 0.5) is 17.1 Å². The quantitative estimate of drug-likeness (QED) is 0.240. The molecule has 1 aromatic heterocycles. The number of rotatable bonds is 9. The zero-order chi connectivity index (χ0) is 22.9. The van der Waals surface area contributed by atoms with E-state index in [9.17, 15) is 23.1 Å². The Balaban J connectivity index is 1.98. The molecule has 3 rings (SSSR count). The number of hydrogen-bond donors (Lipinski definition) is 3. The SMILES string of the molecule is CC[C@@H](Nc1c(Nc2ccc(Cl)c(S(=O)(=O)N(C)OC)c2O)c(=O)c1=O)c1cccs1. The van der Waals surface area contributed by atoms with Crippen LogP contribution >= 0.6 is 22.9 Å². The third kappa shape index (κ3) is 4.19. The molecule has 166 valence electrons. The highest BCUT2D eigenvalue weighted by Gasteiger charge is 2.31. The molecule has 0 spiro atoms. The van der Waals surface area contributed by atoms with Crippen molar-refractivity contribution in [3.63, 3.8) is 0 Å². The molecular weight excluding hydrogens is 466 g/mol. The molecule has 0 unspecified atom stereocenters. The molecule has 0 bridgehead atoms. The lowest BCUT2D eigenvalue weighted by Crippen LogP contribution is -2.37. The fourth-order valence-corrected chi connectivity index (χ4v) is 5.37. The van der Waals surface area contributed by atoms with E-state index in [1.807, 2.05) is 24.4 Å². The van der Waals surface area contributed by atoms with Crippen LogP contribution in [0, 0.1) is 0 Å². The van der Waals surface area contributed by atoms with Gasteiger partial charge >= 0.3 is 0 Å². The van der Waals surface area contributed by atoms with Crippen LogP contribution in [-0.2, 0) is 14.9 Å². The molecule has 0 aliphatic carbocycles. The number of sulfonamides is 1. The first kappa shape index (κ1) is 23.2. The summed E-state index contributed by atoms with van der Waals surface area (Å²) in [5.74, 6) is -0.708. The Morgan fingerprint density at radius 2 is 1.90 bits per heavy atom. The first-order valence-electron chi connectivity index (χ1n) is 9.08. The summed E-state index contributed by atoms with van der Waals surface area (Å²) in [7, 11) is -2.00. The molecule has 2 aromatic carbocycles. The van der Waals surface area contributed by atoms with Gasteiger partial charge in [0.1, 0.15) is 16.3 Å². The Hall–Kier alpha value is -2.44. The van der Waals surface area contributed by atoms with Crippen LogP contribution in [0.3, 0.4) is 0 Å². The Labute approximate surface area is 187 Å². The average molecular weight is 486 g/mol. The van der Waals surface area contributed by atoms with E-state index >= 15 is 0 Å². The second-order valence-electron chi connectivity index (χ2n) is 6.52. The second kappa shape index (κ2) is 8.97. The number of anilines is 3. The lowest BCUT2D eigenvalue weighted by Gasteiger charge is -2.22. The molecule has 3 N–H and O–H groups in total. The number of thiophene rings is 1. The normalized spacial score (nSPS) is 12.9. The highest BCUT2D eigenvalue weighted by Crippen LogP contribution is 2.40. The maximum absolute atomic E-state index is 12.6. The van der Waals surface area contributed by atoms with E-state index in [0.29, 0.717) is 10.9 Å². The molecular formula is C19H20ClN3O6S2. The van der Waals surface area contributed by atoms with Gasteiger partial charge in [0, 0.05) is 11.9 Å². The van der Waals surface area contributed by atoms with Crippen molar-refractivity contribution in [2.75, 3.05) is 24.8 Å². The van der Waals surface area contributed by atoms with Crippen LogP contribution < -0.4 is 21.5 Å². The van der Waals surface area contributed by atoms with Crippen molar-refractivity contribution in [2.24, 2.45) is 0 Å². The number of phenols is 1. The molecule has 1 atom stereocenters.